The van der Waals surface area contributed by atoms with E-state index in [9.17, 15) is 0 Å². The first-order chi connectivity index (χ1) is 9.23. The third-order valence-electron chi connectivity index (χ3n) is 3.57. The van der Waals surface area contributed by atoms with Gasteiger partial charge >= 0.3 is 0 Å². The smallest absolute Gasteiger partial charge is 0.0453 e. The van der Waals surface area contributed by atoms with Crippen LogP contribution in [-0.4, -0.2) is 13.1 Å². The number of likely N-dealkylation sites (N-methyl/N-ethyl adjacent to an activating group) is 1. The summed E-state index contributed by atoms with van der Waals surface area (Å²) in [6.07, 6.45) is 3.24. The van der Waals surface area contributed by atoms with E-state index in [1.807, 2.05) is 25.2 Å². The molecule has 1 aromatic carbocycles. The predicted molar refractivity (Wildman–Crippen MR) is 90.9 cm³/mol. The Morgan fingerprint density at radius 2 is 1.70 bits per heavy atom. The molecule has 1 nitrogen and oxygen atoms in total. The van der Waals surface area contributed by atoms with Crippen molar-refractivity contribution in [2.75, 3.05) is 7.05 Å². The molecule has 0 saturated heterocycles. The second-order valence-corrected chi connectivity index (χ2v) is 7.81. The number of nitrogens with one attached hydrogen (secondary N) is 1. The van der Waals surface area contributed by atoms with Crippen molar-refractivity contribution < 1.29 is 0 Å². The maximum atomic E-state index is 6.26. The Hall–Kier alpha value is -0.240. The van der Waals surface area contributed by atoms with E-state index in [1.54, 1.807) is 0 Å². The van der Waals surface area contributed by atoms with Crippen LogP contribution in [0.4, 0.5) is 0 Å². The zero-order valence-corrected chi connectivity index (χ0v) is 14.8. The van der Waals surface area contributed by atoms with Crippen molar-refractivity contribution in [2.24, 2.45) is 11.3 Å². The Morgan fingerprint density at radius 3 is 2.15 bits per heavy atom. The summed E-state index contributed by atoms with van der Waals surface area (Å²) in [5, 5.41) is 4.93. The first kappa shape index (κ1) is 17.8. The topological polar surface area (TPSA) is 12.0 Å². The molecule has 0 aliphatic carbocycles. The van der Waals surface area contributed by atoms with Crippen LogP contribution in [0, 0.1) is 11.3 Å². The minimum Gasteiger partial charge on any atom is -0.317 e. The van der Waals surface area contributed by atoms with Crippen molar-refractivity contribution in [3.8, 4) is 0 Å². The quantitative estimate of drug-likeness (QED) is 0.721. The molecular formula is C17H27Cl2N. The Kier molecular flexibility index (Phi) is 6.84. The number of hydrogen-bond donors (Lipinski definition) is 1. The van der Waals surface area contributed by atoms with Crippen LogP contribution in [0.1, 0.15) is 46.1 Å². The number of halogens is 2. The summed E-state index contributed by atoms with van der Waals surface area (Å²) in [4.78, 5) is 0. The van der Waals surface area contributed by atoms with Crippen molar-refractivity contribution >= 4 is 23.2 Å². The predicted octanol–water partition coefficient (Wildman–Crippen LogP) is 5.59. The van der Waals surface area contributed by atoms with E-state index < -0.39 is 0 Å². The van der Waals surface area contributed by atoms with Gasteiger partial charge < -0.3 is 5.32 Å². The summed E-state index contributed by atoms with van der Waals surface area (Å²) in [6.45, 7) is 9.21. The molecule has 3 heteroatoms. The van der Waals surface area contributed by atoms with Crippen molar-refractivity contribution in [3.63, 3.8) is 0 Å². The molecule has 0 spiro atoms. The fraction of sp³-hybridized carbons (Fsp3) is 0.647. The molecule has 0 aromatic heterocycles. The van der Waals surface area contributed by atoms with E-state index in [0.29, 0.717) is 17.4 Å². The van der Waals surface area contributed by atoms with Crippen molar-refractivity contribution in [3.05, 3.63) is 33.8 Å². The lowest BCUT2D eigenvalue weighted by Crippen LogP contribution is -2.30. The van der Waals surface area contributed by atoms with Gasteiger partial charge in [-0.3, -0.25) is 0 Å². The summed E-state index contributed by atoms with van der Waals surface area (Å²) in [6, 6.07) is 6.12. The standard InChI is InChI=1S/C17H27Cl2N/c1-12(11-17(2,3)4)9-13(20-5)10-14-15(18)7-6-8-16(14)19/h6-8,12-13,20H,9-11H2,1-5H3. The molecular weight excluding hydrogens is 289 g/mol. The van der Waals surface area contributed by atoms with E-state index in [4.69, 9.17) is 23.2 Å². The molecule has 1 rings (SSSR count). The van der Waals surface area contributed by atoms with Gasteiger partial charge in [0.2, 0.25) is 0 Å². The van der Waals surface area contributed by atoms with Crippen LogP contribution in [0.3, 0.4) is 0 Å². The zero-order valence-electron chi connectivity index (χ0n) is 13.3. The molecule has 0 aliphatic rings. The van der Waals surface area contributed by atoms with Gasteiger partial charge in [-0.1, -0.05) is 57.0 Å². The maximum absolute atomic E-state index is 6.26. The van der Waals surface area contributed by atoms with E-state index in [0.717, 1.165) is 28.5 Å². The molecule has 1 aromatic rings. The average molecular weight is 316 g/mol. The molecule has 0 saturated carbocycles. The molecule has 0 aliphatic heterocycles. The van der Waals surface area contributed by atoms with Crippen LogP contribution in [0.25, 0.3) is 0 Å². The second kappa shape index (κ2) is 7.68. The Bertz CT molecular complexity index is 403. The maximum Gasteiger partial charge on any atom is 0.0453 e. The van der Waals surface area contributed by atoms with E-state index in [1.165, 1.54) is 6.42 Å². The van der Waals surface area contributed by atoms with Gasteiger partial charge in [-0.05, 0) is 55.3 Å². The molecule has 0 fully saturated rings. The van der Waals surface area contributed by atoms with Gasteiger partial charge in [-0.25, -0.2) is 0 Å². The second-order valence-electron chi connectivity index (χ2n) is 7.00. The Morgan fingerprint density at radius 1 is 1.15 bits per heavy atom. The average Bonchev–Trinajstić information content (AvgIpc) is 2.30. The number of benzene rings is 1. The summed E-state index contributed by atoms with van der Waals surface area (Å²) in [7, 11) is 2.01. The van der Waals surface area contributed by atoms with Crippen LogP contribution in [0.15, 0.2) is 18.2 Å². The highest BCUT2D eigenvalue weighted by atomic mass is 35.5. The van der Waals surface area contributed by atoms with Crippen LogP contribution < -0.4 is 5.32 Å². The fourth-order valence-corrected chi connectivity index (χ4v) is 3.44. The van der Waals surface area contributed by atoms with Crippen molar-refractivity contribution in [1.29, 1.82) is 0 Å². The van der Waals surface area contributed by atoms with Crippen molar-refractivity contribution in [1.82, 2.24) is 5.32 Å². The van der Waals surface area contributed by atoms with E-state index in [-0.39, 0.29) is 0 Å². The van der Waals surface area contributed by atoms with Crippen LogP contribution >= 0.6 is 23.2 Å². The first-order valence-corrected chi connectivity index (χ1v) is 8.08. The lowest BCUT2D eigenvalue weighted by Gasteiger charge is -2.27. The summed E-state index contributed by atoms with van der Waals surface area (Å²) >= 11 is 12.5. The highest BCUT2D eigenvalue weighted by molar-refractivity contribution is 6.35. The molecule has 114 valence electrons. The molecule has 0 amide bonds. The zero-order chi connectivity index (χ0) is 15.3. The normalized spacial score (nSPS) is 15.2. The monoisotopic (exact) mass is 315 g/mol. The van der Waals surface area contributed by atoms with E-state index >= 15 is 0 Å². The minimum atomic E-state index is 0.375. The molecule has 1 N–H and O–H groups in total. The third-order valence-corrected chi connectivity index (χ3v) is 4.28. The van der Waals surface area contributed by atoms with Gasteiger partial charge in [0.25, 0.3) is 0 Å². The number of rotatable bonds is 6. The molecule has 0 radical (unpaired) electrons. The third kappa shape index (κ3) is 6.03. The van der Waals surface area contributed by atoms with Gasteiger partial charge in [-0.2, -0.15) is 0 Å². The van der Waals surface area contributed by atoms with Gasteiger partial charge in [0, 0.05) is 16.1 Å². The molecule has 2 atom stereocenters. The largest absolute Gasteiger partial charge is 0.317 e. The van der Waals surface area contributed by atoms with Gasteiger partial charge in [0.15, 0.2) is 0 Å². The van der Waals surface area contributed by atoms with Gasteiger partial charge in [0.05, 0.1) is 0 Å². The Labute approximate surface area is 134 Å². The van der Waals surface area contributed by atoms with Crippen LogP contribution in [0.2, 0.25) is 10.0 Å². The minimum absolute atomic E-state index is 0.375. The van der Waals surface area contributed by atoms with Crippen molar-refractivity contribution in [2.45, 2.75) is 53.0 Å². The molecule has 2 unspecified atom stereocenters. The lowest BCUT2D eigenvalue weighted by atomic mass is 9.82. The molecule has 0 bridgehead atoms. The summed E-state index contributed by atoms with van der Waals surface area (Å²) in [5.74, 6) is 0.675. The SMILES string of the molecule is CNC(Cc1c(Cl)cccc1Cl)CC(C)CC(C)(C)C. The lowest BCUT2D eigenvalue weighted by molar-refractivity contribution is 0.277. The number of hydrogen-bond acceptors (Lipinski definition) is 1. The highest BCUT2D eigenvalue weighted by Crippen LogP contribution is 2.29. The molecule has 20 heavy (non-hydrogen) atoms. The van der Waals surface area contributed by atoms with Crippen LogP contribution in [-0.2, 0) is 6.42 Å². The van der Waals surface area contributed by atoms with Gasteiger partial charge in [-0.15, -0.1) is 0 Å². The summed E-state index contributed by atoms with van der Waals surface area (Å²) in [5.41, 5.74) is 1.43. The molecule has 0 heterocycles. The van der Waals surface area contributed by atoms with Gasteiger partial charge in [0.1, 0.15) is 0 Å². The fourth-order valence-electron chi connectivity index (χ4n) is 2.89. The summed E-state index contributed by atoms with van der Waals surface area (Å²) < 4.78 is 0. The van der Waals surface area contributed by atoms with E-state index in [2.05, 4.69) is 33.0 Å². The highest BCUT2D eigenvalue weighted by Gasteiger charge is 2.20. The first-order valence-electron chi connectivity index (χ1n) is 7.33. The van der Waals surface area contributed by atoms with Crippen LogP contribution in [0.5, 0.6) is 0 Å². The Balaban J connectivity index is 2.68.